The first kappa shape index (κ1) is 16.5. The zero-order valence-corrected chi connectivity index (χ0v) is 14.4. The van der Waals surface area contributed by atoms with Crippen LogP contribution in [-0.2, 0) is 6.54 Å². The molecular formula is C17H15Cl2N5. The average molecular weight is 360 g/mol. The molecule has 3 aromatic rings. The Kier molecular flexibility index (Phi) is 5.13. The van der Waals surface area contributed by atoms with Gasteiger partial charge >= 0.3 is 0 Å². The van der Waals surface area contributed by atoms with Gasteiger partial charge in [0.1, 0.15) is 17.5 Å². The highest BCUT2D eigenvalue weighted by Gasteiger charge is 2.06. The van der Waals surface area contributed by atoms with E-state index in [2.05, 4.69) is 25.6 Å². The van der Waals surface area contributed by atoms with E-state index in [4.69, 9.17) is 23.2 Å². The van der Waals surface area contributed by atoms with Crippen LogP contribution < -0.4 is 10.6 Å². The minimum Gasteiger partial charge on any atom is -0.364 e. The van der Waals surface area contributed by atoms with Crippen LogP contribution in [0, 0.1) is 6.92 Å². The minimum atomic E-state index is 0.568. The maximum atomic E-state index is 6.18. The molecular weight excluding hydrogens is 345 g/mol. The molecule has 24 heavy (non-hydrogen) atoms. The molecule has 0 amide bonds. The third-order valence-corrected chi connectivity index (χ3v) is 3.77. The van der Waals surface area contributed by atoms with E-state index in [1.54, 1.807) is 24.4 Å². The van der Waals surface area contributed by atoms with Crippen LogP contribution in [0.25, 0.3) is 0 Å². The van der Waals surface area contributed by atoms with E-state index in [1.165, 1.54) is 0 Å². The SMILES string of the molecule is Cc1nc(NCc2ccccn2)cc(Nc2cc(Cl)ccc2Cl)n1. The van der Waals surface area contributed by atoms with E-state index in [0.717, 1.165) is 5.69 Å². The molecule has 1 aromatic carbocycles. The predicted molar refractivity (Wildman–Crippen MR) is 98.1 cm³/mol. The van der Waals surface area contributed by atoms with Crippen molar-refractivity contribution in [2.45, 2.75) is 13.5 Å². The van der Waals surface area contributed by atoms with E-state index in [9.17, 15) is 0 Å². The summed E-state index contributed by atoms with van der Waals surface area (Å²) in [5.41, 5.74) is 1.62. The lowest BCUT2D eigenvalue weighted by Crippen LogP contribution is -2.06. The molecule has 0 atom stereocenters. The van der Waals surface area contributed by atoms with Crippen LogP contribution in [0.2, 0.25) is 10.0 Å². The van der Waals surface area contributed by atoms with Gasteiger partial charge in [-0.1, -0.05) is 29.3 Å². The molecule has 0 saturated carbocycles. The topological polar surface area (TPSA) is 62.7 Å². The molecule has 0 radical (unpaired) electrons. The van der Waals surface area contributed by atoms with Crippen molar-refractivity contribution in [2.75, 3.05) is 10.6 Å². The third kappa shape index (κ3) is 4.34. The van der Waals surface area contributed by atoms with E-state index in [1.807, 2.05) is 31.2 Å². The van der Waals surface area contributed by atoms with Crippen LogP contribution in [0.15, 0.2) is 48.7 Å². The second-order valence-corrected chi connectivity index (χ2v) is 5.95. The molecule has 5 nitrogen and oxygen atoms in total. The first-order valence-corrected chi connectivity index (χ1v) is 8.07. The van der Waals surface area contributed by atoms with Crippen LogP contribution in [0.5, 0.6) is 0 Å². The van der Waals surface area contributed by atoms with Crippen LogP contribution in [0.4, 0.5) is 17.3 Å². The lowest BCUT2D eigenvalue weighted by molar-refractivity contribution is 0.996. The zero-order chi connectivity index (χ0) is 16.9. The van der Waals surface area contributed by atoms with Crippen molar-refractivity contribution in [1.82, 2.24) is 15.0 Å². The molecule has 3 rings (SSSR count). The van der Waals surface area contributed by atoms with Crippen molar-refractivity contribution in [3.8, 4) is 0 Å². The second kappa shape index (κ2) is 7.47. The fourth-order valence-corrected chi connectivity index (χ4v) is 2.47. The number of aromatic nitrogens is 3. The summed E-state index contributed by atoms with van der Waals surface area (Å²) in [7, 11) is 0. The Morgan fingerprint density at radius 3 is 2.62 bits per heavy atom. The summed E-state index contributed by atoms with van der Waals surface area (Å²) in [6.07, 6.45) is 1.76. The number of nitrogens with zero attached hydrogens (tertiary/aromatic N) is 3. The molecule has 7 heteroatoms. The molecule has 0 bridgehead atoms. The van der Waals surface area contributed by atoms with Gasteiger partial charge in [-0.05, 0) is 37.3 Å². The summed E-state index contributed by atoms with van der Waals surface area (Å²) in [5.74, 6) is 1.98. The molecule has 0 aliphatic carbocycles. The largest absolute Gasteiger partial charge is 0.364 e. The minimum absolute atomic E-state index is 0.568. The summed E-state index contributed by atoms with van der Waals surface area (Å²) in [5, 5.41) is 7.58. The van der Waals surface area contributed by atoms with E-state index < -0.39 is 0 Å². The van der Waals surface area contributed by atoms with Crippen molar-refractivity contribution in [3.63, 3.8) is 0 Å². The van der Waals surface area contributed by atoms with Crippen LogP contribution in [-0.4, -0.2) is 15.0 Å². The Bertz CT molecular complexity index is 840. The van der Waals surface area contributed by atoms with Gasteiger partial charge in [-0.25, -0.2) is 9.97 Å². The molecule has 122 valence electrons. The highest BCUT2D eigenvalue weighted by atomic mass is 35.5. The molecule has 0 fully saturated rings. The Balaban J connectivity index is 1.77. The number of hydrogen-bond donors (Lipinski definition) is 2. The number of halogens is 2. The number of rotatable bonds is 5. The standard InChI is InChI=1S/C17H15Cl2N5/c1-11-22-16(21-10-13-4-2-3-7-20-13)9-17(23-11)24-15-8-12(18)5-6-14(15)19/h2-9H,10H2,1H3,(H2,21,22,23,24). The number of pyridine rings is 1. The molecule has 2 N–H and O–H groups in total. The first-order chi connectivity index (χ1) is 11.6. The summed E-state index contributed by atoms with van der Waals surface area (Å²) in [6, 6.07) is 12.8. The number of aryl methyl sites for hydroxylation is 1. The summed E-state index contributed by atoms with van der Waals surface area (Å²) in [4.78, 5) is 13.0. The van der Waals surface area contributed by atoms with Gasteiger partial charge in [0.05, 0.1) is 22.9 Å². The van der Waals surface area contributed by atoms with Gasteiger partial charge in [0.15, 0.2) is 0 Å². The van der Waals surface area contributed by atoms with Gasteiger partial charge < -0.3 is 10.6 Å². The van der Waals surface area contributed by atoms with Crippen molar-refractivity contribution < 1.29 is 0 Å². The molecule has 0 spiro atoms. The number of anilines is 3. The van der Waals surface area contributed by atoms with E-state index in [0.29, 0.717) is 39.7 Å². The third-order valence-electron chi connectivity index (χ3n) is 3.21. The summed E-state index contributed by atoms with van der Waals surface area (Å²) in [6.45, 7) is 2.41. The molecule has 0 saturated heterocycles. The van der Waals surface area contributed by atoms with Gasteiger partial charge in [0.2, 0.25) is 0 Å². The fraction of sp³-hybridized carbons (Fsp3) is 0.118. The van der Waals surface area contributed by atoms with Gasteiger partial charge in [-0.15, -0.1) is 0 Å². The van der Waals surface area contributed by atoms with Crippen molar-refractivity contribution in [3.05, 3.63) is 70.2 Å². The predicted octanol–water partition coefficient (Wildman–Crippen LogP) is 4.84. The smallest absolute Gasteiger partial charge is 0.136 e. The molecule has 2 aromatic heterocycles. The molecule has 2 heterocycles. The molecule has 0 aliphatic rings. The molecule has 0 aliphatic heterocycles. The fourth-order valence-electron chi connectivity index (χ4n) is 2.14. The Hall–Kier alpha value is -2.37. The number of hydrogen-bond acceptors (Lipinski definition) is 5. The normalized spacial score (nSPS) is 10.5. The summed E-state index contributed by atoms with van der Waals surface area (Å²) >= 11 is 12.2. The van der Waals surface area contributed by atoms with Gasteiger partial charge in [0, 0.05) is 17.3 Å². The van der Waals surface area contributed by atoms with Crippen molar-refractivity contribution >= 4 is 40.5 Å². The second-order valence-electron chi connectivity index (χ2n) is 5.11. The monoisotopic (exact) mass is 359 g/mol. The van der Waals surface area contributed by atoms with Crippen LogP contribution in [0.3, 0.4) is 0 Å². The number of nitrogens with one attached hydrogen (secondary N) is 2. The quantitative estimate of drug-likeness (QED) is 0.682. The first-order valence-electron chi connectivity index (χ1n) is 7.32. The highest BCUT2D eigenvalue weighted by Crippen LogP contribution is 2.28. The Morgan fingerprint density at radius 2 is 1.83 bits per heavy atom. The zero-order valence-electron chi connectivity index (χ0n) is 12.9. The van der Waals surface area contributed by atoms with Gasteiger partial charge in [-0.2, -0.15) is 0 Å². The van der Waals surface area contributed by atoms with Crippen LogP contribution in [0.1, 0.15) is 11.5 Å². The van der Waals surface area contributed by atoms with Gasteiger partial charge in [-0.3, -0.25) is 4.98 Å². The Morgan fingerprint density at radius 1 is 1.00 bits per heavy atom. The average Bonchev–Trinajstić information content (AvgIpc) is 2.57. The van der Waals surface area contributed by atoms with Gasteiger partial charge in [0.25, 0.3) is 0 Å². The molecule has 0 unspecified atom stereocenters. The highest BCUT2D eigenvalue weighted by molar-refractivity contribution is 6.35. The maximum Gasteiger partial charge on any atom is 0.136 e. The number of benzene rings is 1. The lowest BCUT2D eigenvalue weighted by Gasteiger charge is -2.11. The maximum absolute atomic E-state index is 6.18. The van der Waals surface area contributed by atoms with Crippen molar-refractivity contribution in [1.29, 1.82) is 0 Å². The summed E-state index contributed by atoms with van der Waals surface area (Å²) < 4.78 is 0. The van der Waals surface area contributed by atoms with E-state index >= 15 is 0 Å². The Labute approximate surface area is 150 Å². The van der Waals surface area contributed by atoms with E-state index in [-0.39, 0.29) is 0 Å². The van der Waals surface area contributed by atoms with Crippen molar-refractivity contribution in [2.24, 2.45) is 0 Å². The van der Waals surface area contributed by atoms with Crippen LogP contribution >= 0.6 is 23.2 Å². The lowest BCUT2D eigenvalue weighted by atomic mass is 10.3.